The Labute approximate surface area is 463 Å². The Morgan fingerprint density at radius 2 is 0.608 bits per heavy atom. The van der Waals surface area contributed by atoms with E-state index < -0.39 is 0 Å². The van der Waals surface area contributed by atoms with E-state index in [1.54, 1.807) is 0 Å². The third-order valence-electron chi connectivity index (χ3n) is 16.5. The molecule has 79 heavy (non-hydrogen) atoms. The Kier molecular flexibility index (Phi) is 11.5. The van der Waals surface area contributed by atoms with Crippen molar-refractivity contribution >= 4 is 17.1 Å². The van der Waals surface area contributed by atoms with Crippen LogP contribution in [-0.2, 0) is 10.8 Å². The normalized spacial score (nSPS) is 13.3. The van der Waals surface area contributed by atoms with E-state index in [0.717, 1.165) is 72.6 Å². The van der Waals surface area contributed by atoms with Crippen LogP contribution in [0.15, 0.2) is 267 Å². The van der Waals surface area contributed by atoms with Crippen molar-refractivity contribution in [2.45, 2.75) is 38.5 Å². The summed E-state index contributed by atoms with van der Waals surface area (Å²) in [5.74, 6) is 1.84. The van der Waals surface area contributed by atoms with Gasteiger partial charge in [0.1, 0.15) is 0 Å². The summed E-state index contributed by atoms with van der Waals surface area (Å²) in [6.45, 7) is 9.46. The second-order valence-electron chi connectivity index (χ2n) is 22.0. The van der Waals surface area contributed by atoms with E-state index in [1.165, 1.54) is 50.2 Å². The molecule has 0 fully saturated rings. The van der Waals surface area contributed by atoms with Crippen LogP contribution in [0.1, 0.15) is 49.9 Å². The molecular weight excluding hydrogens is 957 g/mol. The highest BCUT2D eigenvalue weighted by Crippen LogP contribution is 2.56. The van der Waals surface area contributed by atoms with Crippen LogP contribution in [0, 0.1) is 0 Å². The van der Waals surface area contributed by atoms with E-state index in [-0.39, 0.29) is 10.8 Å². The molecule has 0 unspecified atom stereocenters. The Hall–Kier alpha value is -9.77. The molecule has 0 amide bonds. The Balaban J connectivity index is 0.863. The smallest absolute Gasteiger partial charge is 0.164 e. The van der Waals surface area contributed by atoms with Crippen LogP contribution in [0.4, 0.5) is 17.1 Å². The summed E-state index contributed by atoms with van der Waals surface area (Å²) in [5, 5.41) is 0. The molecule has 0 atom stereocenters. The maximum atomic E-state index is 5.24. The van der Waals surface area contributed by atoms with E-state index in [0.29, 0.717) is 17.5 Å². The molecule has 2 aliphatic carbocycles. The topological polar surface area (TPSA) is 41.9 Å². The molecule has 1 aromatic heterocycles. The van der Waals surface area contributed by atoms with Crippen molar-refractivity contribution in [2.75, 3.05) is 4.90 Å². The number of rotatable bonds is 10. The Bertz CT molecular complexity index is 4220. The first-order chi connectivity index (χ1) is 38.7. The molecule has 0 spiro atoms. The van der Waals surface area contributed by atoms with Crippen molar-refractivity contribution in [1.82, 2.24) is 15.0 Å². The Morgan fingerprint density at radius 1 is 0.253 bits per heavy atom. The van der Waals surface area contributed by atoms with Crippen molar-refractivity contribution < 1.29 is 0 Å². The zero-order valence-corrected chi connectivity index (χ0v) is 44.7. The Morgan fingerprint density at radius 3 is 1.15 bits per heavy atom. The second kappa shape index (κ2) is 19.1. The summed E-state index contributed by atoms with van der Waals surface area (Å²) in [6, 6.07) is 96.3. The van der Waals surface area contributed by atoms with E-state index >= 15 is 0 Å². The molecule has 0 bridgehead atoms. The van der Waals surface area contributed by atoms with Gasteiger partial charge in [0, 0.05) is 44.5 Å². The first-order valence-electron chi connectivity index (χ1n) is 27.3. The van der Waals surface area contributed by atoms with E-state index in [1.807, 2.05) is 12.1 Å². The lowest BCUT2D eigenvalue weighted by Gasteiger charge is -2.30. The highest BCUT2D eigenvalue weighted by Gasteiger charge is 2.39. The van der Waals surface area contributed by atoms with Gasteiger partial charge in [-0.2, -0.15) is 0 Å². The first kappa shape index (κ1) is 47.7. The minimum atomic E-state index is -0.155. The summed E-state index contributed by atoms with van der Waals surface area (Å²) < 4.78 is 0. The van der Waals surface area contributed by atoms with Gasteiger partial charge in [-0.25, -0.2) is 15.0 Å². The average molecular weight is 1010 g/mol. The molecule has 0 aliphatic heterocycles. The standard InChI is InChI=1S/C75H56N4/c1-74(2)66-38-14-12-36-64(66)70-67(74)39-20-40-69(70)79(61-41-42-63-62-35-11-13-37-65(62)75(3,4)68(63)48-61)60-34-19-30-56(47-60)54-28-15-27-53(43-54)55-29-18-33-59(46-55)73-77-71(57-31-16-25-51(44-57)49-21-7-5-8-22-49)76-72(78-73)58-32-17-26-52(45-58)50-23-9-6-10-24-50/h5-48H,1-4H3. The van der Waals surface area contributed by atoms with Crippen LogP contribution in [0.2, 0.25) is 0 Å². The van der Waals surface area contributed by atoms with Crippen molar-refractivity contribution in [3.63, 3.8) is 0 Å². The van der Waals surface area contributed by atoms with Crippen LogP contribution in [0.5, 0.6) is 0 Å². The van der Waals surface area contributed by atoms with Gasteiger partial charge in [-0.3, -0.25) is 0 Å². The zero-order valence-electron chi connectivity index (χ0n) is 44.7. The lowest BCUT2D eigenvalue weighted by molar-refractivity contribution is 0.660. The summed E-state index contributed by atoms with van der Waals surface area (Å²) >= 11 is 0. The predicted molar refractivity (Wildman–Crippen MR) is 328 cm³/mol. The van der Waals surface area contributed by atoms with Gasteiger partial charge in [-0.05, 0) is 138 Å². The van der Waals surface area contributed by atoms with Crippen molar-refractivity contribution in [3.05, 3.63) is 289 Å². The maximum Gasteiger partial charge on any atom is 0.164 e. The van der Waals surface area contributed by atoms with Crippen molar-refractivity contribution in [1.29, 1.82) is 0 Å². The van der Waals surface area contributed by atoms with E-state index in [2.05, 4.69) is 287 Å². The summed E-state index contributed by atoms with van der Waals surface area (Å²) in [6.07, 6.45) is 0. The maximum absolute atomic E-state index is 5.24. The third-order valence-corrected chi connectivity index (χ3v) is 16.5. The highest BCUT2D eigenvalue weighted by atomic mass is 15.1. The predicted octanol–water partition coefficient (Wildman–Crippen LogP) is 19.6. The monoisotopic (exact) mass is 1010 g/mol. The fourth-order valence-corrected chi connectivity index (χ4v) is 12.4. The number of aromatic nitrogens is 3. The summed E-state index contributed by atoms with van der Waals surface area (Å²) in [7, 11) is 0. The molecule has 11 aromatic carbocycles. The molecule has 0 radical (unpaired) electrons. The number of hydrogen-bond acceptors (Lipinski definition) is 4. The quantitative estimate of drug-likeness (QED) is 0.137. The van der Waals surface area contributed by atoms with Crippen LogP contribution in [-0.4, -0.2) is 15.0 Å². The molecule has 0 N–H and O–H groups in total. The van der Waals surface area contributed by atoms with Gasteiger partial charge >= 0.3 is 0 Å². The fraction of sp³-hybridized carbons (Fsp3) is 0.0800. The average Bonchev–Trinajstić information content (AvgIpc) is 3.59. The number of fused-ring (bicyclic) bond motifs is 6. The molecule has 2 aliphatic rings. The van der Waals surface area contributed by atoms with Crippen LogP contribution < -0.4 is 4.90 Å². The molecule has 4 heteroatoms. The van der Waals surface area contributed by atoms with Crippen LogP contribution in [0.3, 0.4) is 0 Å². The van der Waals surface area contributed by atoms with Gasteiger partial charge in [0.2, 0.25) is 0 Å². The number of hydrogen-bond donors (Lipinski definition) is 0. The molecule has 12 aromatic rings. The first-order valence-corrected chi connectivity index (χ1v) is 27.3. The van der Waals surface area contributed by atoms with Crippen LogP contribution >= 0.6 is 0 Å². The molecule has 0 saturated heterocycles. The van der Waals surface area contributed by atoms with Gasteiger partial charge in [0.15, 0.2) is 17.5 Å². The number of nitrogens with zero attached hydrogens (tertiary/aromatic N) is 4. The largest absolute Gasteiger partial charge is 0.310 e. The molecule has 14 rings (SSSR count). The number of benzene rings is 11. The lowest BCUT2D eigenvalue weighted by Crippen LogP contribution is -2.17. The highest BCUT2D eigenvalue weighted by molar-refractivity contribution is 5.96. The third kappa shape index (κ3) is 8.36. The molecule has 0 saturated carbocycles. The lowest BCUT2D eigenvalue weighted by atomic mass is 9.82. The van der Waals surface area contributed by atoms with Crippen LogP contribution in [0.25, 0.3) is 101 Å². The van der Waals surface area contributed by atoms with Gasteiger partial charge in [0.25, 0.3) is 0 Å². The van der Waals surface area contributed by atoms with Gasteiger partial charge in [0.05, 0.1) is 5.69 Å². The molecule has 376 valence electrons. The van der Waals surface area contributed by atoms with Crippen molar-refractivity contribution in [2.24, 2.45) is 0 Å². The zero-order chi connectivity index (χ0) is 53.2. The van der Waals surface area contributed by atoms with E-state index in [9.17, 15) is 0 Å². The summed E-state index contributed by atoms with van der Waals surface area (Å²) in [4.78, 5) is 18.2. The van der Waals surface area contributed by atoms with Crippen molar-refractivity contribution in [3.8, 4) is 101 Å². The minimum absolute atomic E-state index is 0.147. The van der Waals surface area contributed by atoms with E-state index in [4.69, 9.17) is 15.0 Å². The van der Waals surface area contributed by atoms with Gasteiger partial charge in [-0.1, -0.05) is 240 Å². The molecule has 4 nitrogen and oxygen atoms in total. The minimum Gasteiger partial charge on any atom is -0.310 e. The number of anilines is 3. The molecular formula is C75H56N4. The molecule has 1 heterocycles. The second-order valence-corrected chi connectivity index (χ2v) is 22.0. The van der Waals surface area contributed by atoms with Gasteiger partial charge in [-0.15, -0.1) is 0 Å². The van der Waals surface area contributed by atoms with Gasteiger partial charge < -0.3 is 4.90 Å². The SMILES string of the molecule is CC1(C)c2ccccc2-c2ccc(N(c3cccc(-c4cccc(-c5cccc(-c6nc(-c7cccc(-c8ccccc8)c7)nc(-c7cccc(-c8ccccc8)c7)n6)c5)c4)c3)c3cccc4c3-c3ccccc3C4(C)C)cc21. The fourth-order valence-electron chi connectivity index (χ4n) is 12.4. The summed E-state index contributed by atoms with van der Waals surface area (Å²) in [5.41, 5.74) is 25.4.